The van der Waals surface area contributed by atoms with E-state index in [2.05, 4.69) is 5.32 Å². The van der Waals surface area contributed by atoms with Gasteiger partial charge in [0, 0.05) is 23.8 Å². The molecule has 1 saturated heterocycles. The molecule has 2 aromatic carbocycles. The maximum atomic E-state index is 12.9. The first-order valence-electron chi connectivity index (χ1n) is 8.83. The van der Waals surface area contributed by atoms with E-state index >= 15 is 0 Å². The van der Waals surface area contributed by atoms with Crippen LogP contribution in [0.25, 0.3) is 0 Å². The second kappa shape index (κ2) is 9.32. The SMILES string of the molecule is Cc1cc(Cl)ccc1OCC(=O)Nc1ccc(Cl)c(S(=O)(=O)N2CCOCC2)c1. The van der Waals surface area contributed by atoms with Crippen LogP contribution in [0, 0.1) is 6.92 Å². The van der Waals surface area contributed by atoms with Gasteiger partial charge >= 0.3 is 0 Å². The van der Waals surface area contributed by atoms with Crippen LogP contribution in [0.4, 0.5) is 5.69 Å². The van der Waals surface area contributed by atoms with Crippen molar-refractivity contribution in [2.24, 2.45) is 0 Å². The zero-order chi connectivity index (χ0) is 21.0. The van der Waals surface area contributed by atoms with Crippen molar-refractivity contribution < 1.29 is 22.7 Å². The summed E-state index contributed by atoms with van der Waals surface area (Å²) in [6, 6.07) is 9.40. The van der Waals surface area contributed by atoms with E-state index < -0.39 is 15.9 Å². The maximum Gasteiger partial charge on any atom is 0.262 e. The number of benzene rings is 2. The van der Waals surface area contributed by atoms with Gasteiger partial charge in [0.1, 0.15) is 10.6 Å². The zero-order valence-corrected chi connectivity index (χ0v) is 18.0. The largest absolute Gasteiger partial charge is 0.483 e. The van der Waals surface area contributed by atoms with Gasteiger partial charge in [0.15, 0.2) is 6.61 Å². The Morgan fingerprint density at radius 1 is 1.17 bits per heavy atom. The molecule has 0 radical (unpaired) electrons. The molecule has 156 valence electrons. The van der Waals surface area contributed by atoms with E-state index in [1.165, 1.54) is 22.5 Å². The summed E-state index contributed by atoms with van der Waals surface area (Å²) in [7, 11) is -3.79. The maximum absolute atomic E-state index is 12.9. The van der Waals surface area contributed by atoms with Crippen molar-refractivity contribution in [2.45, 2.75) is 11.8 Å². The van der Waals surface area contributed by atoms with Crippen molar-refractivity contribution in [3.63, 3.8) is 0 Å². The summed E-state index contributed by atoms with van der Waals surface area (Å²) in [5.74, 6) is 0.104. The smallest absolute Gasteiger partial charge is 0.262 e. The summed E-state index contributed by atoms with van der Waals surface area (Å²) in [5.41, 5.74) is 1.11. The Morgan fingerprint density at radius 2 is 1.90 bits per heavy atom. The first-order chi connectivity index (χ1) is 13.8. The van der Waals surface area contributed by atoms with E-state index in [-0.39, 0.29) is 29.6 Å². The summed E-state index contributed by atoms with van der Waals surface area (Å²) < 4.78 is 37.7. The predicted octanol–water partition coefficient (Wildman–Crippen LogP) is 3.34. The monoisotopic (exact) mass is 458 g/mol. The molecule has 0 bridgehead atoms. The topological polar surface area (TPSA) is 84.9 Å². The number of hydrogen-bond donors (Lipinski definition) is 1. The van der Waals surface area contributed by atoms with E-state index in [0.29, 0.717) is 29.7 Å². The number of carbonyl (C=O) groups excluding carboxylic acids is 1. The molecule has 1 amide bonds. The van der Waals surface area contributed by atoms with E-state index in [1.807, 2.05) is 6.92 Å². The minimum atomic E-state index is -3.79. The molecule has 1 N–H and O–H groups in total. The Bertz CT molecular complexity index is 1010. The lowest BCUT2D eigenvalue weighted by molar-refractivity contribution is -0.118. The lowest BCUT2D eigenvalue weighted by atomic mass is 10.2. The number of amides is 1. The highest BCUT2D eigenvalue weighted by atomic mass is 35.5. The first kappa shape index (κ1) is 21.9. The molecule has 0 saturated carbocycles. The van der Waals surface area contributed by atoms with Crippen LogP contribution in [0.3, 0.4) is 0 Å². The van der Waals surface area contributed by atoms with Gasteiger partial charge in [-0.15, -0.1) is 0 Å². The molecule has 1 aliphatic heterocycles. The van der Waals surface area contributed by atoms with Gasteiger partial charge in [0.2, 0.25) is 10.0 Å². The van der Waals surface area contributed by atoms with E-state index in [0.717, 1.165) is 5.56 Å². The lowest BCUT2D eigenvalue weighted by Gasteiger charge is -2.26. The van der Waals surface area contributed by atoms with Crippen LogP contribution < -0.4 is 10.1 Å². The minimum absolute atomic E-state index is 0.0617. The van der Waals surface area contributed by atoms with Crippen molar-refractivity contribution in [1.82, 2.24) is 4.31 Å². The third kappa shape index (κ3) is 5.40. The number of nitrogens with zero attached hydrogens (tertiary/aromatic N) is 1. The predicted molar refractivity (Wildman–Crippen MR) is 111 cm³/mol. The first-order valence-corrected chi connectivity index (χ1v) is 11.0. The number of nitrogens with one attached hydrogen (secondary N) is 1. The molecule has 7 nitrogen and oxygen atoms in total. The molecule has 0 aromatic heterocycles. The third-order valence-corrected chi connectivity index (χ3v) is 6.91. The molecule has 0 unspecified atom stereocenters. The molecule has 0 aliphatic carbocycles. The molecular formula is C19H20Cl2N2O5S. The summed E-state index contributed by atoms with van der Waals surface area (Å²) >= 11 is 12.0. The standard InChI is InChI=1S/C19H20Cl2N2O5S/c1-13-10-14(20)2-5-17(13)28-12-19(24)22-15-3-4-16(21)18(11-15)29(25,26)23-6-8-27-9-7-23/h2-5,10-11H,6-9,12H2,1H3,(H,22,24). The van der Waals surface area contributed by atoms with Crippen LogP contribution in [0.5, 0.6) is 5.75 Å². The lowest BCUT2D eigenvalue weighted by Crippen LogP contribution is -2.40. The van der Waals surface area contributed by atoms with Crippen LogP contribution in [-0.2, 0) is 19.6 Å². The van der Waals surface area contributed by atoms with Crippen molar-refractivity contribution in [3.8, 4) is 5.75 Å². The molecule has 0 spiro atoms. The Balaban J connectivity index is 1.69. The number of sulfonamides is 1. The van der Waals surface area contributed by atoms with Crippen molar-refractivity contribution in [3.05, 3.63) is 52.0 Å². The molecule has 3 rings (SSSR count). The van der Waals surface area contributed by atoms with Gasteiger partial charge in [-0.05, 0) is 48.9 Å². The van der Waals surface area contributed by atoms with Gasteiger partial charge in [-0.3, -0.25) is 4.79 Å². The average Bonchev–Trinajstić information content (AvgIpc) is 2.69. The van der Waals surface area contributed by atoms with E-state index in [4.69, 9.17) is 32.7 Å². The highest BCUT2D eigenvalue weighted by Gasteiger charge is 2.28. The molecule has 1 aliphatic rings. The fourth-order valence-electron chi connectivity index (χ4n) is 2.82. The minimum Gasteiger partial charge on any atom is -0.483 e. The Hall–Kier alpha value is -1.84. The normalized spacial score (nSPS) is 15.1. The molecule has 29 heavy (non-hydrogen) atoms. The second-order valence-corrected chi connectivity index (χ2v) is 9.16. The Labute approximate surface area is 179 Å². The van der Waals surface area contributed by atoms with Gasteiger partial charge in [0.05, 0.1) is 18.2 Å². The fraction of sp³-hybridized carbons (Fsp3) is 0.316. The van der Waals surface area contributed by atoms with Crippen molar-refractivity contribution >= 4 is 44.8 Å². The molecular weight excluding hydrogens is 439 g/mol. The van der Waals surface area contributed by atoms with Crippen LogP contribution in [0.2, 0.25) is 10.0 Å². The third-order valence-electron chi connectivity index (χ3n) is 4.30. The summed E-state index contributed by atoms with van der Waals surface area (Å²) in [4.78, 5) is 12.2. The van der Waals surface area contributed by atoms with Crippen LogP contribution in [0.1, 0.15) is 5.56 Å². The fourth-order valence-corrected chi connectivity index (χ4v) is 4.95. The second-order valence-electron chi connectivity index (χ2n) is 6.41. The average molecular weight is 459 g/mol. The Kier molecular flexibility index (Phi) is 7.02. The number of carbonyl (C=O) groups is 1. The van der Waals surface area contributed by atoms with Gasteiger partial charge in [-0.2, -0.15) is 4.31 Å². The van der Waals surface area contributed by atoms with Crippen molar-refractivity contribution in [1.29, 1.82) is 0 Å². The summed E-state index contributed by atoms with van der Waals surface area (Å²) in [6.07, 6.45) is 0. The number of aryl methyl sites for hydroxylation is 1. The number of anilines is 1. The molecule has 1 fully saturated rings. The van der Waals surface area contributed by atoms with Crippen molar-refractivity contribution in [2.75, 3.05) is 38.2 Å². The number of rotatable bonds is 6. The zero-order valence-electron chi connectivity index (χ0n) is 15.7. The molecule has 0 atom stereocenters. The van der Waals surface area contributed by atoms with E-state index in [9.17, 15) is 13.2 Å². The van der Waals surface area contributed by atoms with Gasteiger partial charge in [-0.25, -0.2) is 8.42 Å². The summed E-state index contributed by atoms with van der Waals surface area (Å²) in [6.45, 7) is 2.74. The van der Waals surface area contributed by atoms with Gasteiger partial charge in [-0.1, -0.05) is 23.2 Å². The van der Waals surface area contributed by atoms with Gasteiger partial charge in [0.25, 0.3) is 5.91 Å². The van der Waals surface area contributed by atoms with Crippen LogP contribution >= 0.6 is 23.2 Å². The Morgan fingerprint density at radius 3 is 2.59 bits per heavy atom. The highest BCUT2D eigenvalue weighted by Crippen LogP contribution is 2.28. The number of ether oxygens (including phenoxy) is 2. The molecule has 1 heterocycles. The number of morpholine rings is 1. The quantitative estimate of drug-likeness (QED) is 0.717. The number of halogens is 2. The molecule has 2 aromatic rings. The van der Waals surface area contributed by atoms with Crippen LogP contribution in [0.15, 0.2) is 41.3 Å². The van der Waals surface area contributed by atoms with E-state index in [1.54, 1.807) is 18.2 Å². The number of hydrogen-bond acceptors (Lipinski definition) is 5. The van der Waals surface area contributed by atoms with Crippen LogP contribution in [-0.4, -0.2) is 51.5 Å². The van der Waals surface area contributed by atoms with Gasteiger partial charge < -0.3 is 14.8 Å². The highest BCUT2D eigenvalue weighted by molar-refractivity contribution is 7.89. The summed E-state index contributed by atoms with van der Waals surface area (Å²) in [5, 5.41) is 3.29. The molecule has 10 heteroatoms.